The van der Waals surface area contributed by atoms with Crippen LogP contribution in [0.15, 0.2) is 29.4 Å². The fraction of sp³-hybridized carbons (Fsp3) is 0.533. The van der Waals surface area contributed by atoms with Crippen molar-refractivity contribution in [3.63, 3.8) is 0 Å². The zero-order valence-corrected chi connectivity index (χ0v) is 14.1. The van der Waals surface area contributed by atoms with E-state index in [2.05, 4.69) is 28.0 Å². The average molecular weight is 337 g/mol. The highest BCUT2D eigenvalue weighted by molar-refractivity contribution is 8.00. The maximum absolute atomic E-state index is 12.1. The summed E-state index contributed by atoms with van der Waals surface area (Å²) in [5.41, 5.74) is 8.50. The predicted molar refractivity (Wildman–Crippen MR) is 90.4 cm³/mol. The van der Waals surface area contributed by atoms with Crippen molar-refractivity contribution in [1.29, 1.82) is 5.53 Å². The number of hydrogen-bond donors (Lipinski definition) is 5. The molecule has 1 aromatic rings. The number of thioether (sulfide) groups is 1. The van der Waals surface area contributed by atoms with Crippen LogP contribution >= 0.6 is 11.8 Å². The van der Waals surface area contributed by atoms with Gasteiger partial charge in [0.1, 0.15) is 0 Å². The molecule has 0 aromatic heterocycles. The Bertz CT molecular complexity index is 539. The van der Waals surface area contributed by atoms with E-state index in [1.54, 1.807) is 12.1 Å². The number of nitrogens with zero attached hydrogens (tertiary/aromatic N) is 1. The van der Waals surface area contributed by atoms with Crippen molar-refractivity contribution in [2.24, 2.45) is 11.0 Å². The molecule has 7 nitrogen and oxygen atoms in total. The largest absolute Gasteiger partial charge is 0.365 e. The third-order valence-corrected chi connectivity index (χ3v) is 5.15. The summed E-state index contributed by atoms with van der Waals surface area (Å²) in [6, 6.07) is 7.12. The lowest BCUT2D eigenvalue weighted by Crippen LogP contribution is -2.56. The molecule has 8 heteroatoms. The molecule has 1 saturated heterocycles. The second-order valence-electron chi connectivity index (χ2n) is 5.68. The van der Waals surface area contributed by atoms with Gasteiger partial charge in [-0.1, -0.05) is 19.1 Å². The molecule has 0 saturated carbocycles. The molecule has 0 radical (unpaired) electrons. The molecule has 0 aliphatic carbocycles. The third-order valence-electron chi connectivity index (χ3n) is 3.77. The summed E-state index contributed by atoms with van der Waals surface area (Å²) >= 11 is 1.50. The SMILES string of the molecule is CC1CNC(O)NC1SCC(=O)N[C@@H](C)c1ccc(N=N)cc1. The van der Waals surface area contributed by atoms with Gasteiger partial charge in [-0.05, 0) is 30.5 Å². The molecule has 1 heterocycles. The lowest BCUT2D eigenvalue weighted by molar-refractivity contribution is -0.119. The van der Waals surface area contributed by atoms with Crippen molar-refractivity contribution >= 4 is 23.4 Å². The van der Waals surface area contributed by atoms with Crippen LogP contribution < -0.4 is 16.0 Å². The Hall–Kier alpha value is -1.48. The van der Waals surface area contributed by atoms with Crippen LogP contribution in [0.2, 0.25) is 0 Å². The summed E-state index contributed by atoms with van der Waals surface area (Å²) in [6.45, 7) is 4.71. The Kier molecular flexibility index (Phi) is 6.52. The number of carbonyl (C=O) groups is 1. The van der Waals surface area contributed by atoms with E-state index in [1.807, 2.05) is 19.1 Å². The minimum Gasteiger partial charge on any atom is -0.365 e. The Morgan fingerprint density at radius 1 is 1.52 bits per heavy atom. The Morgan fingerprint density at radius 2 is 2.22 bits per heavy atom. The second-order valence-corrected chi connectivity index (χ2v) is 6.81. The summed E-state index contributed by atoms with van der Waals surface area (Å²) in [6.07, 6.45) is -0.716. The highest BCUT2D eigenvalue weighted by Gasteiger charge is 2.26. The first-order valence-electron chi connectivity index (χ1n) is 7.55. The van der Waals surface area contributed by atoms with E-state index < -0.39 is 6.35 Å². The first kappa shape index (κ1) is 17.9. The molecular weight excluding hydrogens is 314 g/mol. The quantitative estimate of drug-likeness (QED) is 0.508. The van der Waals surface area contributed by atoms with Crippen molar-refractivity contribution in [2.45, 2.75) is 31.6 Å². The molecule has 1 aliphatic rings. The van der Waals surface area contributed by atoms with Gasteiger partial charge in [0, 0.05) is 6.54 Å². The van der Waals surface area contributed by atoms with Crippen molar-refractivity contribution in [1.82, 2.24) is 16.0 Å². The van der Waals surface area contributed by atoms with E-state index in [0.717, 1.165) is 12.1 Å². The standard InChI is InChI=1S/C15H23N5O2S/c1-9-7-17-15(22)19-14(9)23-8-13(21)18-10(2)11-3-5-12(20-16)6-4-11/h3-6,9-10,14-17,19,22H,7-8H2,1-2H3,(H,18,21)/t9?,10-,14?,15?/m0/s1. The first-order valence-corrected chi connectivity index (χ1v) is 8.60. The summed E-state index contributed by atoms with van der Waals surface area (Å²) in [5, 5.41) is 21.8. The van der Waals surface area contributed by atoms with Crippen molar-refractivity contribution in [2.75, 3.05) is 12.3 Å². The predicted octanol–water partition coefficient (Wildman–Crippen LogP) is 1.69. The molecule has 0 bridgehead atoms. The number of hydrogen-bond acceptors (Lipinski definition) is 7. The first-order chi connectivity index (χ1) is 11.0. The molecule has 5 N–H and O–H groups in total. The van der Waals surface area contributed by atoms with Gasteiger partial charge in [0.25, 0.3) is 0 Å². The van der Waals surface area contributed by atoms with Crippen LogP contribution in [0.4, 0.5) is 5.69 Å². The van der Waals surface area contributed by atoms with E-state index in [0.29, 0.717) is 17.4 Å². The van der Waals surface area contributed by atoms with Gasteiger partial charge in [-0.15, -0.1) is 11.8 Å². The third kappa shape index (κ3) is 5.28. The van der Waals surface area contributed by atoms with E-state index in [4.69, 9.17) is 5.53 Å². The number of rotatable bonds is 6. The van der Waals surface area contributed by atoms with Gasteiger partial charge in [0.15, 0.2) is 6.35 Å². The summed E-state index contributed by atoms with van der Waals surface area (Å²) in [7, 11) is 0. The smallest absolute Gasteiger partial charge is 0.230 e. The molecule has 1 aromatic carbocycles. The molecule has 1 aliphatic heterocycles. The fourth-order valence-electron chi connectivity index (χ4n) is 2.37. The zero-order valence-electron chi connectivity index (χ0n) is 13.2. The lowest BCUT2D eigenvalue weighted by Gasteiger charge is -2.33. The maximum Gasteiger partial charge on any atom is 0.230 e. The second kappa shape index (κ2) is 8.39. The molecule has 3 unspecified atom stereocenters. The van der Waals surface area contributed by atoms with Crippen LogP contribution in [0.25, 0.3) is 0 Å². The summed E-state index contributed by atoms with van der Waals surface area (Å²) in [4.78, 5) is 12.1. The normalized spacial score (nSPS) is 25.6. The lowest BCUT2D eigenvalue weighted by atomic mass is 10.1. The Labute approximate surface area is 140 Å². The van der Waals surface area contributed by atoms with E-state index in [-0.39, 0.29) is 17.3 Å². The van der Waals surface area contributed by atoms with Gasteiger partial charge in [-0.2, -0.15) is 5.11 Å². The number of aliphatic hydroxyl groups excluding tert-OH is 1. The highest BCUT2D eigenvalue weighted by Crippen LogP contribution is 2.21. The molecule has 126 valence electrons. The van der Waals surface area contributed by atoms with Gasteiger partial charge in [0.2, 0.25) is 5.91 Å². The van der Waals surface area contributed by atoms with Crippen LogP contribution in [-0.4, -0.2) is 35.0 Å². The molecule has 4 atom stereocenters. The van der Waals surface area contributed by atoms with Gasteiger partial charge < -0.3 is 10.4 Å². The van der Waals surface area contributed by atoms with E-state index >= 15 is 0 Å². The highest BCUT2D eigenvalue weighted by atomic mass is 32.2. The zero-order chi connectivity index (χ0) is 16.8. The monoisotopic (exact) mass is 337 g/mol. The molecule has 1 fully saturated rings. The Morgan fingerprint density at radius 3 is 2.87 bits per heavy atom. The summed E-state index contributed by atoms with van der Waals surface area (Å²) < 4.78 is 0. The Balaban J connectivity index is 1.80. The van der Waals surface area contributed by atoms with Gasteiger partial charge >= 0.3 is 0 Å². The molecule has 0 spiro atoms. The number of aliphatic hydroxyl groups is 1. The van der Waals surface area contributed by atoms with Gasteiger partial charge in [-0.3, -0.25) is 15.4 Å². The molecular formula is C15H23N5O2S. The number of carbonyl (C=O) groups excluding carboxylic acids is 1. The molecule has 2 rings (SSSR count). The minimum absolute atomic E-state index is 0.0428. The van der Waals surface area contributed by atoms with Gasteiger partial charge in [0.05, 0.1) is 22.9 Å². The van der Waals surface area contributed by atoms with Crippen molar-refractivity contribution < 1.29 is 9.90 Å². The number of benzene rings is 1. The topological polar surface area (TPSA) is 110 Å². The van der Waals surface area contributed by atoms with Crippen LogP contribution in [0.5, 0.6) is 0 Å². The maximum atomic E-state index is 12.1. The van der Waals surface area contributed by atoms with Crippen LogP contribution in [-0.2, 0) is 4.79 Å². The van der Waals surface area contributed by atoms with Crippen molar-refractivity contribution in [3.05, 3.63) is 29.8 Å². The van der Waals surface area contributed by atoms with Crippen molar-refractivity contribution in [3.8, 4) is 0 Å². The van der Waals surface area contributed by atoms with Gasteiger partial charge in [-0.25, -0.2) is 5.53 Å². The van der Waals surface area contributed by atoms with Crippen LogP contribution in [0.1, 0.15) is 25.5 Å². The average Bonchev–Trinajstić information content (AvgIpc) is 2.55. The minimum atomic E-state index is -0.716. The van der Waals surface area contributed by atoms with Crippen LogP contribution in [0.3, 0.4) is 0 Å². The van der Waals surface area contributed by atoms with E-state index in [9.17, 15) is 9.90 Å². The molecule has 1 amide bonds. The number of nitrogens with one attached hydrogen (secondary N) is 4. The fourth-order valence-corrected chi connectivity index (χ4v) is 3.43. The van der Waals surface area contributed by atoms with Crippen LogP contribution in [0, 0.1) is 11.4 Å². The van der Waals surface area contributed by atoms with E-state index in [1.165, 1.54) is 11.8 Å². The molecule has 23 heavy (non-hydrogen) atoms. The number of amides is 1. The summed E-state index contributed by atoms with van der Waals surface area (Å²) in [5.74, 6) is 0.618.